The lowest BCUT2D eigenvalue weighted by molar-refractivity contribution is 1.06. The largest absolute Gasteiger partial charge is 0.373 e. The van der Waals surface area contributed by atoms with Crippen molar-refractivity contribution < 1.29 is 0 Å². The molecule has 0 saturated carbocycles. The van der Waals surface area contributed by atoms with Crippen LogP contribution in [0.4, 0.5) is 5.82 Å². The Kier molecular flexibility index (Phi) is 2.68. The third-order valence-corrected chi connectivity index (χ3v) is 3.07. The van der Waals surface area contributed by atoms with Gasteiger partial charge in [0.1, 0.15) is 11.6 Å². The lowest BCUT2D eigenvalue weighted by atomic mass is 10.2. The summed E-state index contributed by atoms with van der Waals surface area (Å²) in [5.74, 6) is 1.66. The summed E-state index contributed by atoms with van der Waals surface area (Å²) in [6, 6.07) is 4.07. The second kappa shape index (κ2) is 3.98. The topological polar surface area (TPSA) is 37.8 Å². The molecule has 0 fully saturated rings. The van der Waals surface area contributed by atoms with Crippen molar-refractivity contribution in [3.05, 3.63) is 28.2 Å². The third-order valence-electron chi connectivity index (χ3n) is 2.23. The zero-order chi connectivity index (χ0) is 10.8. The summed E-state index contributed by atoms with van der Waals surface area (Å²) < 4.78 is 0. The third kappa shape index (κ3) is 1.99. The molecule has 2 rings (SSSR count). The molecule has 2 aromatic heterocycles. The molecular formula is C11H13N3S. The van der Waals surface area contributed by atoms with Crippen LogP contribution < -0.4 is 5.32 Å². The lowest BCUT2D eigenvalue weighted by Gasteiger charge is -2.04. The number of anilines is 1. The maximum atomic E-state index is 4.44. The molecule has 78 valence electrons. The number of aryl methyl sites for hydroxylation is 2. The Morgan fingerprint density at radius 1 is 1.27 bits per heavy atom. The fraction of sp³-hybridized carbons (Fsp3) is 0.273. The summed E-state index contributed by atoms with van der Waals surface area (Å²) in [5, 5.41) is 5.13. The van der Waals surface area contributed by atoms with Gasteiger partial charge in [-0.2, -0.15) is 0 Å². The van der Waals surface area contributed by atoms with Crippen molar-refractivity contribution in [2.75, 3.05) is 12.4 Å². The minimum atomic E-state index is 0.794. The van der Waals surface area contributed by atoms with Gasteiger partial charge >= 0.3 is 0 Å². The van der Waals surface area contributed by atoms with E-state index in [1.807, 2.05) is 20.0 Å². The molecule has 1 N–H and O–H groups in total. The molecule has 0 aliphatic heterocycles. The van der Waals surface area contributed by atoms with E-state index in [1.165, 1.54) is 10.4 Å². The standard InChI is InChI=1S/C11H13N3S/c1-7-9(4-5-15-7)10-6-11(12-3)14-8(2)13-10/h4-6H,1-3H3,(H,12,13,14). The van der Waals surface area contributed by atoms with Crippen molar-refractivity contribution in [1.29, 1.82) is 0 Å². The number of aromatic nitrogens is 2. The second-order valence-electron chi connectivity index (χ2n) is 3.33. The number of nitrogens with one attached hydrogen (secondary N) is 1. The monoisotopic (exact) mass is 219 g/mol. The lowest BCUT2D eigenvalue weighted by Crippen LogP contribution is -1.98. The minimum absolute atomic E-state index is 0.794. The number of rotatable bonds is 2. The minimum Gasteiger partial charge on any atom is -0.373 e. The van der Waals surface area contributed by atoms with Crippen molar-refractivity contribution in [3.8, 4) is 11.3 Å². The van der Waals surface area contributed by atoms with E-state index in [0.29, 0.717) is 0 Å². The van der Waals surface area contributed by atoms with E-state index in [1.54, 1.807) is 11.3 Å². The molecule has 0 aromatic carbocycles. The van der Waals surface area contributed by atoms with E-state index in [9.17, 15) is 0 Å². The van der Waals surface area contributed by atoms with Gasteiger partial charge in [-0.15, -0.1) is 11.3 Å². The maximum absolute atomic E-state index is 4.44. The first kappa shape index (κ1) is 10.1. The number of thiophene rings is 1. The van der Waals surface area contributed by atoms with Crippen molar-refractivity contribution in [2.24, 2.45) is 0 Å². The molecule has 0 saturated heterocycles. The average Bonchev–Trinajstić information content (AvgIpc) is 2.63. The van der Waals surface area contributed by atoms with E-state index < -0.39 is 0 Å². The van der Waals surface area contributed by atoms with Crippen LogP contribution in [0.5, 0.6) is 0 Å². The van der Waals surface area contributed by atoms with Gasteiger partial charge in [0.2, 0.25) is 0 Å². The summed E-state index contributed by atoms with van der Waals surface area (Å²) in [5.41, 5.74) is 2.19. The first-order chi connectivity index (χ1) is 7.20. The molecule has 0 aliphatic rings. The maximum Gasteiger partial charge on any atom is 0.130 e. The smallest absolute Gasteiger partial charge is 0.130 e. The molecule has 3 nitrogen and oxygen atoms in total. The Labute approximate surface area is 93.2 Å². The van der Waals surface area contributed by atoms with Crippen LogP contribution in [0.25, 0.3) is 11.3 Å². The predicted octanol–water partition coefficient (Wildman–Crippen LogP) is 2.86. The van der Waals surface area contributed by atoms with Gasteiger partial charge in [0.05, 0.1) is 5.69 Å². The van der Waals surface area contributed by atoms with E-state index in [4.69, 9.17) is 0 Å². The summed E-state index contributed by atoms with van der Waals surface area (Å²) in [6.45, 7) is 4.02. The van der Waals surface area contributed by atoms with Gasteiger partial charge in [0, 0.05) is 23.6 Å². The van der Waals surface area contributed by atoms with Crippen molar-refractivity contribution in [2.45, 2.75) is 13.8 Å². The first-order valence-corrected chi connectivity index (χ1v) is 5.66. The molecule has 0 aliphatic carbocycles. The van der Waals surface area contributed by atoms with Gasteiger partial charge in [-0.05, 0) is 25.3 Å². The Morgan fingerprint density at radius 3 is 2.67 bits per heavy atom. The van der Waals surface area contributed by atoms with Crippen molar-refractivity contribution in [3.63, 3.8) is 0 Å². The van der Waals surface area contributed by atoms with Crippen LogP contribution in [0.3, 0.4) is 0 Å². The summed E-state index contributed by atoms with van der Waals surface area (Å²) in [4.78, 5) is 10.0. The molecule has 0 bridgehead atoms. The van der Waals surface area contributed by atoms with Gasteiger partial charge in [0.15, 0.2) is 0 Å². The molecule has 0 amide bonds. The normalized spacial score (nSPS) is 10.3. The Balaban J connectivity index is 2.53. The highest BCUT2D eigenvalue weighted by molar-refractivity contribution is 7.10. The molecule has 0 atom stereocenters. The fourth-order valence-corrected chi connectivity index (χ4v) is 2.19. The van der Waals surface area contributed by atoms with Crippen LogP contribution in [-0.2, 0) is 0 Å². The van der Waals surface area contributed by atoms with Crippen molar-refractivity contribution in [1.82, 2.24) is 9.97 Å². The molecule has 2 aromatic rings. The van der Waals surface area contributed by atoms with E-state index in [-0.39, 0.29) is 0 Å². The van der Waals surface area contributed by atoms with Gasteiger partial charge in [0.25, 0.3) is 0 Å². The Bertz CT molecular complexity index is 476. The molecule has 0 unspecified atom stereocenters. The van der Waals surface area contributed by atoms with Gasteiger partial charge in [-0.1, -0.05) is 0 Å². The summed E-state index contributed by atoms with van der Waals surface area (Å²) in [6.07, 6.45) is 0. The zero-order valence-electron chi connectivity index (χ0n) is 9.03. The fourth-order valence-electron chi connectivity index (χ4n) is 1.48. The molecule has 15 heavy (non-hydrogen) atoms. The second-order valence-corrected chi connectivity index (χ2v) is 4.45. The van der Waals surface area contributed by atoms with Crippen LogP contribution >= 0.6 is 11.3 Å². The molecule has 0 spiro atoms. The van der Waals surface area contributed by atoms with Crippen LogP contribution in [0.2, 0.25) is 0 Å². The van der Waals surface area contributed by atoms with E-state index in [2.05, 4.69) is 33.7 Å². The number of hydrogen-bond acceptors (Lipinski definition) is 4. The highest BCUT2D eigenvalue weighted by Gasteiger charge is 2.06. The highest BCUT2D eigenvalue weighted by atomic mass is 32.1. The van der Waals surface area contributed by atoms with Gasteiger partial charge in [-0.25, -0.2) is 9.97 Å². The molecular weight excluding hydrogens is 206 g/mol. The quantitative estimate of drug-likeness (QED) is 0.844. The Morgan fingerprint density at radius 2 is 2.07 bits per heavy atom. The molecule has 4 heteroatoms. The number of hydrogen-bond donors (Lipinski definition) is 1. The Hall–Kier alpha value is -1.42. The number of nitrogens with zero attached hydrogens (tertiary/aromatic N) is 2. The van der Waals surface area contributed by atoms with Gasteiger partial charge < -0.3 is 5.32 Å². The summed E-state index contributed by atoms with van der Waals surface area (Å²) in [7, 11) is 1.87. The SMILES string of the molecule is CNc1cc(-c2ccsc2C)nc(C)n1. The average molecular weight is 219 g/mol. The van der Waals surface area contributed by atoms with Crippen molar-refractivity contribution >= 4 is 17.2 Å². The molecule has 2 heterocycles. The van der Waals surface area contributed by atoms with Crippen LogP contribution in [0.1, 0.15) is 10.7 Å². The summed E-state index contributed by atoms with van der Waals surface area (Å²) >= 11 is 1.74. The molecule has 0 radical (unpaired) electrons. The highest BCUT2D eigenvalue weighted by Crippen LogP contribution is 2.27. The van der Waals surface area contributed by atoms with Crippen LogP contribution in [-0.4, -0.2) is 17.0 Å². The van der Waals surface area contributed by atoms with E-state index in [0.717, 1.165) is 17.3 Å². The van der Waals surface area contributed by atoms with Crippen LogP contribution in [0.15, 0.2) is 17.5 Å². The predicted molar refractivity (Wildman–Crippen MR) is 64.4 cm³/mol. The first-order valence-electron chi connectivity index (χ1n) is 4.78. The van der Waals surface area contributed by atoms with Crippen LogP contribution in [0, 0.1) is 13.8 Å². The zero-order valence-corrected chi connectivity index (χ0v) is 9.85. The van der Waals surface area contributed by atoms with Gasteiger partial charge in [-0.3, -0.25) is 0 Å². The van der Waals surface area contributed by atoms with E-state index >= 15 is 0 Å².